The first-order chi connectivity index (χ1) is 13.6. The number of carbonyl (C=O) groups is 1. The Kier molecular flexibility index (Phi) is 5.87. The molecule has 0 radical (unpaired) electrons. The SMILES string of the molecule is C#Cc1c(-c2ccc(NC(=O)OCC)cc2)n(COC)c2cc(OC)ccc12. The predicted octanol–water partition coefficient (Wildman–Crippen LogP) is 4.47. The molecule has 0 bridgehead atoms. The fraction of sp³-hybridized carbons (Fsp3) is 0.227. The van der Waals surface area contributed by atoms with Crippen LogP contribution in [0.4, 0.5) is 10.5 Å². The van der Waals surface area contributed by atoms with Gasteiger partial charge in [0.1, 0.15) is 12.5 Å². The van der Waals surface area contributed by atoms with Gasteiger partial charge in [0.25, 0.3) is 0 Å². The average molecular weight is 378 g/mol. The third-order valence-corrected chi connectivity index (χ3v) is 4.35. The summed E-state index contributed by atoms with van der Waals surface area (Å²) >= 11 is 0. The van der Waals surface area contributed by atoms with E-state index in [4.69, 9.17) is 20.6 Å². The lowest BCUT2D eigenvalue weighted by atomic mass is 10.1. The maximum Gasteiger partial charge on any atom is 0.411 e. The van der Waals surface area contributed by atoms with Crippen LogP contribution in [0.1, 0.15) is 12.5 Å². The van der Waals surface area contributed by atoms with E-state index < -0.39 is 6.09 Å². The molecule has 144 valence electrons. The highest BCUT2D eigenvalue weighted by molar-refractivity contribution is 5.96. The van der Waals surface area contributed by atoms with Crippen molar-refractivity contribution in [3.8, 4) is 29.4 Å². The lowest BCUT2D eigenvalue weighted by Crippen LogP contribution is -2.13. The second kappa shape index (κ2) is 8.51. The van der Waals surface area contributed by atoms with E-state index in [1.807, 2.05) is 47.0 Å². The van der Waals surface area contributed by atoms with Crippen molar-refractivity contribution in [2.24, 2.45) is 0 Å². The second-order valence-corrected chi connectivity index (χ2v) is 6.02. The number of aromatic nitrogens is 1. The van der Waals surface area contributed by atoms with Gasteiger partial charge in [0.2, 0.25) is 0 Å². The number of nitrogens with one attached hydrogen (secondary N) is 1. The molecule has 1 N–H and O–H groups in total. The van der Waals surface area contributed by atoms with Crippen molar-refractivity contribution in [1.29, 1.82) is 0 Å². The summed E-state index contributed by atoms with van der Waals surface area (Å²) in [7, 11) is 3.26. The number of benzene rings is 2. The highest BCUT2D eigenvalue weighted by Crippen LogP contribution is 2.35. The molecule has 1 amide bonds. The van der Waals surface area contributed by atoms with E-state index in [-0.39, 0.29) is 0 Å². The first-order valence-corrected chi connectivity index (χ1v) is 8.82. The molecular weight excluding hydrogens is 356 g/mol. The quantitative estimate of drug-likeness (QED) is 0.643. The van der Waals surface area contributed by atoms with Crippen molar-refractivity contribution in [2.45, 2.75) is 13.7 Å². The standard InChI is InChI=1S/C22H22N2O4/c1-5-18-19-12-11-17(27-4)13-20(19)24(14-26-3)21(18)15-7-9-16(10-8-15)23-22(25)28-6-2/h1,7-13H,6,14H2,2-4H3,(H,23,25). The van der Waals surface area contributed by atoms with Gasteiger partial charge in [-0.3, -0.25) is 5.32 Å². The zero-order valence-electron chi connectivity index (χ0n) is 16.1. The summed E-state index contributed by atoms with van der Waals surface area (Å²) in [4.78, 5) is 11.6. The Morgan fingerprint density at radius 3 is 2.54 bits per heavy atom. The summed E-state index contributed by atoms with van der Waals surface area (Å²) in [6, 6.07) is 13.2. The topological polar surface area (TPSA) is 61.7 Å². The zero-order valence-corrected chi connectivity index (χ0v) is 16.1. The van der Waals surface area contributed by atoms with Crippen LogP contribution in [0.5, 0.6) is 5.75 Å². The molecule has 6 nitrogen and oxygen atoms in total. The zero-order chi connectivity index (χ0) is 20.1. The molecule has 0 aliphatic carbocycles. The number of nitrogens with zero attached hydrogens (tertiary/aromatic N) is 1. The Labute approximate surface area is 164 Å². The van der Waals surface area contributed by atoms with Gasteiger partial charge in [0, 0.05) is 24.2 Å². The molecular formula is C22H22N2O4. The van der Waals surface area contributed by atoms with Crippen molar-refractivity contribution < 1.29 is 19.0 Å². The Balaban J connectivity index is 2.10. The number of amides is 1. The summed E-state index contributed by atoms with van der Waals surface area (Å²) in [5.74, 6) is 3.55. The fourth-order valence-electron chi connectivity index (χ4n) is 3.16. The maximum absolute atomic E-state index is 11.6. The van der Waals surface area contributed by atoms with E-state index >= 15 is 0 Å². The van der Waals surface area contributed by atoms with Crippen molar-refractivity contribution in [1.82, 2.24) is 4.57 Å². The van der Waals surface area contributed by atoms with E-state index in [2.05, 4.69) is 11.2 Å². The molecule has 0 spiro atoms. The van der Waals surface area contributed by atoms with E-state index in [0.717, 1.165) is 33.5 Å². The lowest BCUT2D eigenvalue weighted by molar-refractivity contribution is 0.136. The van der Waals surface area contributed by atoms with Crippen LogP contribution in [0.2, 0.25) is 0 Å². The van der Waals surface area contributed by atoms with Crippen LogP contribution >= 0.6 is 0 Å². The number of hydrogen-bond donors (Lipinski definition) is 1. The second-order valence-electron chi connectivity index (χ2n) is 6.02. The van der Waals surface area contributed by atoms with Crippen LogP contribution in [0.3, 0.4) is 0 Å². The Morgan fingerprint density at radius 2 is 1.93 bits per heavy atom. The van der Waals surface area contributed by atoms with Gasteiger partial charge in [-0.2, -0.15) is 0 Å². The predicted molar refractivity (Wildman–Crippen MR) is 110 cm³/mol. The normalized spacial score (nSPS) is 10.5. The molecule has 0 aliphatic rings. The number of methoxy groups -OCH3 is 2. The van der Waals surface area contributed by atoms with Crippen LogP contribution in [-0.2, 0) is 16.2 Å². The minimum absolute atomic E-state index is 0.316. The summed E-state index contributed by atoms with van der Waals surface area (Å²) in [5.41, 5.74) is 4.13. The van der Waals surface area contributed by atoms with E-state index in [9.17, 15) is 4.79 Å². The Hall–Kier alpha value is -3.43. The van der Waals surface area contributed by atoms with Crippen LogP contribution in [0.25, 0.3) is 22.2 Å². The maximum atomic E-state index is 11.6. The van der Waals surface area contributed by atoms with E-state index in [1.54, 1.807) is 21.1 Å². The molecule has 28 heavy (non-hydrogen) atoms. The molecule has 0 unspecified atom stereocenters. The van der Waals surface area contributed by atoms with Gasteiger partial charge in [-0.25, -0.2) is 4.79 Å². The smallest absolute Gasteiger partial charge is 0.411 e. The molecule has 2 aromatic carbocycles. The van der Waals surface area contributed by atoms with E-state index in [1.165, 1.54) is 0 Å². The summed E-state index contributed by atoms with van der Waals surface area (Å²) in [6.07, 6.45) is 5.37. The van der Waals surface area contributed by atoms with Crippen molar-refractivity contribution in [2.75, 3.05) is 26.1 Å². The van der Waals surface area contributed by atoms with Crippen molar-refractivity contribution >= 4 is 22.7 Å². The summed E-state index contributed by atoms with van der Waals surface area (Å²) in [5, 5.41) is 3.63. The van der Waals surface area contributed by atoms with Gasteiger partial charge in [0.15, 0.2) is 0 Å². The van der Waals surface area contributed by atoms with E-state index in [0.29, 0.717) is 19.0 Å². The molecule has 6 heteroatoms. The van der Waals surface area contributed by atoms with Crippen LogP contribution in [0, 0.1) is 12.3 Å². The molecule has 1 aromatic heterocycles. The summed E-state index contributed by atoms with van der Waals surface area (Å²) < 4.78 is 17.7. The highest BCUT2D eigenvalue weighted by atomic mass is 16.5. The van der Waals surface area contributed by atoms with Gasteiger partial charge >= 0.3 is 6.09 Å². The molecule has 0 aliphatic heterocycles. The van der Waals surface area contributed by atoms with Gasteiger partial charge < -0.3 is 18.8 Å². The number of anilines is 1. The minimum atomic E-state index is -0.486. The monoisotopic (exact) mass is 378 g/mol. The summed E-state index contributed by atoms with van der Waals surface area (Å²) in [6.45, 7) is 2.41. The largest absolute Gasteiger partial charge is 0.497 e. The third-order valence-electron chi connectivity index (χ3n) is 4.35. The Bertz CT molecular complexity index is 1030. The van der Waals surface area contributed by atoms with Gasteiger partial charge in [0.05, 0.1) is 30.5 Å². The number of carbonyl (C=O) groups excluding carboxylic acids is 1. The number of hydrogen-bond acceptors (Lipinski definition) is 4. The van der Waals surface area contributed by atoms with Gasteiger partial charge in [-0.05, 0) is 36.8 Å². The lowest BCUT2D eigenvalue weighted by Gasteiger charge is -2.12. The van der Waals surface area contributed by atoms with Gasteiger partial charge in [-0.15, -0.1) is 6.42 Å². The molecule has 3 aromatic rings. The number of rotatable bonds is 6. The number of terminal acetylenes is 1. The molecule has 0 saturated heterocycles. The third kappa shape index (κ3) is 3.66. The molecule has 3 rings (SSSR count). The molecule has 0 fully saturated rings. The van der Waals surface area contributed by atoms with Crippen molar-refractivity contribution in [3.05, 3.63) is 48.0 Å². The Morgan fingerprint density at radius 1 is 1.18 bits per heavy atom. The molecule has 0 saturated carbocycles. The first-order valence-electron chi connectivity index (χ1n) is 8.82. The highest BCUT2D eigenvalue weighted by Gasteiger charge is 2.18. The minimum Gasteiger partial charge on any atom is -0.497 e. The van der Waals surface area contributed by atoms with Gasteiger partial charge in [-0.1, -0.05) is 18.1 Å². The first kappa shape index (κ1) is 19.3. The fourth-order valence-corrected chi connectivity index (χ4v) is 3.16. The van der Waals surface area contributed by atoms with Crippen molar-refractivity contribution in [3.63, 3.8) is 0 Å². The molecule has 0 atom stereocenters. The van der Waals surface area contributed by atoms with Crippen LogP contribution < -0.4 is 10.1 Å². The van der Waals surface area contributed by atoms with Crippen LogP contribution in [0.15, 0.2) is 42.5 Å². The average Bonchev–Trinajstić information content (AvgIpc) is 3.01. The number of fused-ring (bicyclic) bond motifs is 1. The molecule has 1 heterocycles. The van der Waals surface area contributed by atoms with Crippen LogP contribution in [-0.4, -0.2) is 31.5 Å². The number of ether oxygens (including phenoxy) is 3.